The number of hydrogen-bond donors (Lipinski definition) is 2. The molecular weight excluding hydrogens is 332 g/mol. The second-order valence-corrected chi connectivity index (χ2v) is 7.23. The summed E-state index contributed by atoms with van der Waals surface area (Å²) < 4.78 is 37.3. The minimum atomic E-state index is -3.55. The predicted molar refractivity (Wildman–Crippen MR) is 90.3 cm³/mol. The van der Waals surface area contributed by atoms with Crippen LogP contribution < -0.4 is 10.0 Å². The molecule has 1 aliphatic rings. The summed E-state index contributed by atoms with van der Waals surface area (Å²) in [6.45, 7) is 3.95. The Morgan fingerprint density at radius 3 is 2.71 bits per heavy atom. The number of nitrogens with one attached hydrogen (secondary N) is 2. The van der Waals surface area contributed by atoms with Crippen LogP contribution in [0.1, 0.15) is 26.2 Å². The van der Waals surface area contributed by atoms with Crippen molar-refractivity contribution in [3.05, 3.63) is 24.3 Å². The van der Waals surface area contributed by atoms with Crippen LogP contribution in [-0.2, 0) is 24.3 Å². The Morgan fingerprint density at radius 2 is 2.08 bits per heavy atom. The Bertz CT molecular complexity index is 624. The second kappa shape index (κ2) is 9.12. The van der Waals surface area contributed by atoms with Crippen molar-refractivity contribution in [2.24, 2.45) is 0 Å². The highest BCUT2D eigenvalue weighted by Gasteiger charge is 2.23. The third kappa shape index (κ3) is 5.55. The molecule has 2 rings (SSSR count). The van der Waals surface area contributed by atoms with Gasteiger partial charge in [0.25, 0.3) is 5.91 Å². The molecule has 1 aliphatic heterocycles. The second-order valence-electron chi connectivity index (χ2n) is 5.46. The van der Waals surface area contributed by atoms with Crippen molar-refractivity contribution in [1.29, 1.82) is 0 Å². The van der Waals surface area contributed by atoms with E-state index in [1.165, 1.54) is 12.1 Å². The number of ether oxygens (including phenoxy) is 2. The molecule has 7 nitrogen and oxygen atoms in total. The van der Waals surface area contributed by atoms with E-state index in [-0.39, 0.29) is 10.8 Å². The quantitative estimate of drug-likeness (QED) is 0.654. The fourth-order valence-corrected chi connectivity index (χ4v) is 3.41. The maximum absolute atomic E-state index is 12.1. The van der Waals surface area contributed by atoms with Gasteiger partial charge in [-0.2, -0.15) is 0 Å². The van der Waals surface area contributed by atoms with Crippen molar-refractivity contribution in [2.45, 2.75) is 37.2 Å². The lowest BCUT2D eigenvalue weighted by Crippen LogP contribution is -2.27. The summed E-state index contributed by atoms with van der Waals surface area (Å²) in [5.41, 5.74) is 0.547. The maximum Gasteiger partial charge on any atom is 0.253 e. The summed E-state index contributed by atoms with van der Waals surface area (Å²) in [6, 6.07) is 6.08. The van der Waals surface area contributed by atoms with Crippen LogP contribution in [0.15, 0.2) is 29.2 Å². The normalized spacial score (nSPS) is 17.8. The van der Waals surface area contributed by atoms with Crippen LogP contribution in [0.25, 0.3) is 0 Å². The molecule has 0 spiro atoms. The Hall–Kier alpha value is -1.48. The average Bonchev–Trinajstić information content (AvgIpc) is 3.10. The van der Waals surface area contributed by atoms with E-state index in [0.717, 1.165) is 6.42 Å². The smallest absolute Gasteiger partial charge is 0.253 e. The summed E-state index contributed by atoms with van der Waals surface area (Å²) in [6.07, 6.45) is 1.79. The van der Waals surface area contributed by atoms with E-state index in [1.807, 2.05) is 6.92 Å². The lowest BCUT2D eigenvalue weighted by molar-refractivity contribution is -0.124. The van der Waals surface area contributed by atoms with E-state index in [2.05, 4.69) is 10.0 Å². The Labute approximate surface area is 142 Å². The lowest BCUT2D eigenvalue weighted by Gasteiger charge is -2.11. The van der Waals surface area contributed by atoms with E-state index in [9.17, 15) is 13.2 Å². The maximum atomic E-state index is 12.1. The number of benzene rings is 1. The summed E-state index contributed by atoms with van der Waals surface area (Å²) in [5.74, 6) is -0.197. The van der Waals surface area contributed by atoms with E-state index in [4.69, 9.17) is 9.47 Å². The van der Waals surface area contributed by atoms with Gasteiger partial charge in [0.2, 0.25) is 10.0 Å². The molecule has 1 aromatic carbocycles. The largest absolute Gasteiger partial charge is 0.382 e. The van der Waals surface area contributed by atoms with Crippen LogP contribution in [0, 0.1) is 0 Å². The number of anilines is 1. The molecule has 1 unspecified atom stereocenters. The van der Waals surface area contributed by atoms with Gasteiger partial charge >= 0.3 is 0 Å². The summed E-state index contributed by atoms with van der Waals surface area (Å²) in [5, 5.41) is 2.73. The highest BCUT2D eigenvalue weighted by molar-refractivity contribution is 7.89. The third-order valence-corrected chi connectivity index (χ3v) is 5.09. The Morgan fingerprint density at radius 1 is 1.33 bits per heavy atom. The standard InChI is InChI=1S/C16H24N2O5S/c1-2-22-11-4-10-17-24(20,21)14-8-6-13(7-9-14)18-16(19)15-5-3-12-23-15/h6-9,15,17H,2-5,10-12H2,1H3,(H,18,19). The number of carbonyl (C=O) groups excluding carboxylic acids is 1. The third-order valence-electron chi connectivity index (χ3n) is 3.62. The predicted octanol–water partition coefficient (Wildman–Crippen LogP) is 1.51. The van der Waals surface area contributed by atoms with Gasteiger partial charge in [-0.25, -0.2) is 13.1 Å². The zero-order valence-corrected chi connectivity index (χ0v) is 14.6. The molecule has 8 heteroatoms. The minimum Gasteiger partial charge on any atom is -0.382 e. The molecule has 0 radical (unpaired) electrons. The fourth-order valence-electron chi connectivity index (χ4n) is 2.33. The topological polar surface area (TPSA) is 93.7 Å². The van der Waals surface area contributed by atoms with Crippen LogP contribution in [-0.4, -0.2) is 46.8 Å². The first-order valence-electron chi connectivity index (χ1n) is 8.13. The number of sulfonamides is 1. The van der Waals surface area contributed by atoms with Gasteiger partial charge in [0, 0.05) is 32.1 Å². The van der Waals surface area contributed by atoms with Crippen LogP contribution in [0.4, 0.5) is 5.69 Å². The van der Waals surface area contributed by atoms with E-state index >= 15 is 0 Å². The van der Waals surface area contributed by atoms with E-state index < -0.39 is 16.1 Å². The molecule has 2 N–H and O–H groups in total. The fraction of sp³-hybridized carbons (Fsp3) is 0.562. The molecule has 0 bridgehead atoms. The van der Waals surface area contributed by atoms with E-state index in [0.29, 0.717) is 44.9 Å². The zero-order valence-electron chi connectivity index (χ0n) is 13.8. The van der Waals surface area contributed by atoms with Gasteiger partial charge in [0.1, 0.15) is 6.10 Å². The van der Waals surface area contributed by atoms with Crippen molar-refractivity contribution in [1.82, 2.24) is 4.72 Å². The van der Waals surface area contributed by atoms with Gasteiger partial charge in [-0.15, -0.1) is 0 Å². The van der Waals surface area contributed by atoms with Crippen molar-refractivity contribution in [3.8, 4) is 0 Å². The summed E-state index contributed by atoms with van der Waals surface area (Å²) in [4.78, 5) is 12.1. The first kappa shape index (κ1) is 18.9. The van der Waals surface area contributed by atoms with Gasteiger partial charge in [-0.1, -0.05) is 0 Å². The van der Waals surface area contributed by atoms with Gasteiger partial charge in [-0.3, -0.25) is 4.79 Å². The van der Waals surface area contributed by atoms with Gasteiger partial charge in [0.05, 0.1) is 4.90 Å². The van der Waals surface area contributed by atoms with Crippen LogP contribution >= 0.6 is 0 Å². The number of rotatable bonds is 9. The molecule has 1 fully saturated rings. The average molecular weight is 356 g/mol. The SMILES string of the molecule is CCOCCCNS(=O)(=O)c1ccc(NC(=O)C2CCCO2)cc1. The molecule has 1 amide bonds. The molecule has 134 valence electrons. The number of hydrogen-bond acceptors (Lipinski definition) is 5. The molecule has 1 heterocycles. The summed E-state index contributed by atoms with van der Waals surface area (Å²) in [7, 11) is -3.55. The van der Waals surface area contributed by atoms with Crippen LogP contribution in [0.2, 0.25) is 0 Å². The van der Waals surface area contributed by atoms with Crippen molar-refractivity contribution in [2.75, 3.05) is 31.7 Å². The molecule has 0 saturated carbocycles. The molecule has 0 aromatic heterocycles. The minimum absolute atomic E-state index is 0.161. The lowest BCUT2D eigenvalue weighted by atomic mass is 10.2. The molecule has 1 saturated heterocycles. The zero-order chi connectivity index (χ0) is 17.4. The van der Waals surface area contributed by atoms with Gasteiger partial charge in [-0.05, 0) is 50.5 Å². The first-order valence-corrected chi connectivity index (χ1v) is 9.61. The van der Waals surface area contributed by atoms with Crippen LogP contribution in [0.5, 0.6) is 0 Å². The molecule has 24 heavy (non-hydrogen) atoms. The van der Waals surface area contributed by atoms with Crippen LogP contribution in [0.3, 0.4) is 0 Å². The van der Waals surface area contributed by atoms with E-state index in [1.54, 1.807) is 12.1 Å². The summed E-state index contributed by atoms with van der Waals surface area (Å²) >= 11 is 0. The monoisotopic (exact) mass is 356 g/mol. The first-order chi connectivity index (χ1) is 11.5. The van der Waals surface area contributed by atoms with Crippen molar-refractivity contribution < 1.29 is 22.7 Å². The Balaban J connectivity index is 1.86. The highest BCUT2D eigenvalue weighted by atomic mass is 32.2. The Kier molecular flexibility index (Phi) is 7.16. The number of carbonyl (C=O) groups is 1. The van der Waals surface area contributed by atoms with Gasteiger partial charge < -0.3 is 14.8 Å². The molecule has 1 atom stereocenters. The van der Waals surface area contributed by atoms with Crippen molar-refractivity contribution in [3.63, 3.8) is 0 Å². The molecule has 0 aliphatic carbocycles. The highest BCUT2D eigenvalue weighted by Crippen LogP contribution is 2.17. The van der Waals surface area contributed by atoms with Crippen molar-refractivity contribution >= 4 is 21.6 Å². The number of amides is 1. The molecular formula is C16H24N2O5S. The molecule has 1 aromatic rings. The van der Waals surface area contributed by atoms with Gasteiger partial charge in [0.15, 0.2) is 0 Å².